The Labute approximate surface area is 165 Å². The van der Waals surface area contributed by atoms with Crippen molar-refractivity contribution in [2.75, 3.05) is 0 Å². The minimum absolute atomic E-state index is 0.0326. The fourth-order valence-electron chi connectivity index (χ4n) is 3.13. The quantitative estimate of drug-likeness (QED) is 0.497. The normalized spacial score (nSPS) is 11.2. The van der Waals surface area contributed by atoms with Gasteiger partial charge in [-0.15, -0.1) is 10.2 Å². The molecule has 0 atom stereocenters. The van der Waals surface area contributed by atoms with Crippen LogP contribution in [0.5, 0.6) is 5.75 Å². The monoisotopic (exact) mass is 384 g/mol. The van der Waals surface area contributed by atoms with E-state index in [2.05, 4.69) is 25.3 Å². The highest BCUT2D eigenvalue weighted by molar-refractivity contribution is 5.84. The van der Waals surface area contributed by atoms with Gasteiger partial charge in [-0.3, -0.25) is 4.98 Å². The number of aromatic nitrogens is 6. The average molecular weight is 384 g/mol. The SMILES string of the molecule is OCc1cccc(-c2cnc3nnc(COc4ccnc5ccccc45)n3n2)c1. The molecule has 8 nitrogen and oxygen atoms in total. The maximum atomic E-state index is 9.36. The van der Waals surface area contributed by atoms with Crippen LogP contribution in [0.1, 0.15) is 11.4 Å². The molecule has 0 amide bonds. The van der Waals surface area contributed by atoms with Gasteiger partial charge >= 0.3 is 0 Å². The van der Waals surface area contributed by atoms with Crippen LogP contribution in [-0.4, -0.2) is 34.9 Å². The van der Waals surface area contributed by atoms with Gasteiger partial charge in [0.2, 0.25) is 0 Å². The number of aliphatic hydroxyl groups is 1. The third-order valence-corrected chi connectivity index (χ3v) is 4.57. The third kappa shape index (κ3) is 3.26. The van der Waals surface area contributed by atoms with Gasteiger partial charge in [-0.2, -0.15) is 9.61 Å². The summed E-state index contributed by atoms with van der Waals surface area (Å²) in [5, 5.41) is 23.1. The molecule has 2 aromatic carbocycles. The van der Waals surface area contributed by atoms with E-state index < -0.39 is 0 Å². The molecule has 0 aliphatic heterocycles. The number of hydrogen-bond acceptors (Lipinski definition) is 7. The van der Waals surface area contributed by atoms with Crippen LogP contribution < -0.4 is 4.74 Å². The first-order valence-electron chi connectivity index (χ1n) is 9.06. The van der Waals surface area contributed by atoms with E-state index in [0.717, 1.165) is 22.0 Å². The van der Waals surface area contributed by atoms with Crippen molar-refractivity contribution in [3.8, 4) is 17.0 Å². The second-order valence-electron chi connectivity index (χ2n) is 6.44. The summed E-state index contributed by atoms with van der Waals surface area (Å²) in [7, 11) is 0. The summed E-state index contributed by atoms with van der Waals surface area (Å²) >= 11 is 0. The third-order valence-electron chi connectivity index (χ3n) is 4.57. The lowest BCUT2D eigenvalue weighted by molar-refractivity contribution is 0.282. The number of benzene rings is 2. The van der Waals surface area contributed by atoms with Crippen LogP contribution in [0.25, 0.3) is 27.9 Å². The molecule has 0 aliphatic carbocycles. The van der Waals surface area contributed by atoms with Crippen molar-refractivity contribution in [1.29, 1.82) is 0 Å². The van der Waals surface area contributed by atoms with E-state index in [9.17, 15) is 5.11 Å². The van der Waals surface area contributed by atoms with E-state index in [0.29, 0.717) is 23.0 Å². The first-order chi connectivity index (χ1) is 14.3. The maximum Gasteiger partial charge on any atom is 0.272 e. The van der Waals surface area contributed by atoms with Gasteiger partial charge in [-0.05, 0) is 29.8 Å². The van der Waals surface area contributed by atoms with Crippen molar-refractivity contribution in [2.24, 2.45) is 0 Å². The van der Waals surface area contributed by atoms with Crippen LogP contribution in [-0.2, 0) is 13.2 Å². The summed E-state index contributed by atoms with van der Waals surface area (Å²) in [6, 6.07) is 17.1. The van der Waals surface area contributed by atoms with Crippen LogP contribution in [0.3, 0.4) is 0 Å². The molecule has 29 heavy (non-hydrogen) atoms. The molecule has 0 saturated heterocycles. The zero-order valence-corrected chi connectivity index (χ0v) is 15.3. The molecule has 0 aliphatic rings. The summed E-state index contributed by atoms with van der Waals surface area (Å²) in [4.78, 5) is 8.68. The Bertz CT molecular complexity index is 1310. The summed E-state index contributed by atoms with van der Waals surface area (Å²) in [6.45, 7) is 0.152. The number of rotatable bonds is 5. The lowest BCUT2D eigenvalue weighted by atomic mass is 10.1. The molecule has 5 aromatic rings. The molecule has 0 radical (unpaired) electrons. The van der Waals surface area contributed by atoms with Crippen LogP contribution in [0, 0.1) is 0 Å². The highest BCUT2D eigenvalue weighted by Gasteiger charge is 2.12. The Morgan fingerprint density at radius 3 is 2.83 bits per heavy atom. The molecule has 0 fully saturated rings. The lowest BCUT2D eigenvalue weighted by Gasteiger charge is -2.08. The highest BCUT2D eigenvalue weighted by atomic mass is 16.5. The Hall–Kier alpha value is -3.91. The van der Waals surface area contributed by atoms with E-state index in [-0.39, 0.29) is 13.2 Å². The summed E-state index contributed by atoms with van der Waals surface area (Å²) in [5.74, 6) is 1.64. The highest BCUT2D eigenvalue weighted by Crippen LogP contribution is 2.24. The van der Waals surface area contributed by atoms with Gasteiger partial charge in [0.25, 0.3) is 5.78 Å². The fourth-order valence-corrected chi connectivity index (χ4v) is 3.13. The number of para-hydroxylation sites is 1. The average Bonchev–Trinajstić information content (AvgIpc) is 3.20. The molecule has 8 heteroatoms. The van der Waals surface area contributed by atoms with Gasteiger partial charge in [-0.1, -0.05) is 30.3 Å². The Morgan fingerprint density at radius 1 is 0.966 bits per heavy atom. The van der Waals surface area contributed by atoms with Gasteiger partial charge < -0.3 is 9.84 Å². The van der Waals surface area contributed by atoms with Crippen LogP contribution >= 0.6 is 0 Å². The minimum atomic E-state index is -0.0326. The molecule has 0 saturated carbocycles. The molecule has 142 valence electrons. The molecule has 3 heterocycles. The molecule has 5 rings (SSSR count). The van der Waals surface area contributed by atoms with E-state index in [4.69, 9.17) is 4.74 Å². The van der Waals surface area contributed by atoms with Crippen molar-refractivity contribution in [2.45, 2.75) is 13.2 Å². The van der Waals surface area contributed by atoms with Crippen molar-refractivity contribution in [3.05, 3.63) is 78.4 Å². The number of aliphatic hydroxyl groups excluding tert-OH is 1. The maximum absolute atomic E-state index is 9.36. The number of ether oxygens (including phenoxy) is 1. The second kappa shape index (κ2) is 7.25. The van der Waals surface area contributed by atoms with Gasteiger partial charge in [0, 0.05) is 17.1 Å². The zero-order valence-electron chi connectivity index (χ0n) is 15.3. The first-order valence-corrected chi connectivity index (χ1v) is 9.06. The number of pyridine rings is 1. The Morgan fingerprint density at radius 2 is 1.90 bits per heavy atom. The predicted octanol–water partition coefficient (Wildman–Crippen LogP) is 2.81. The molecule has 0 unspecified atom stereocenters. The number of hydrogen-bond donors (Lipinski definition) is 1. The van der Waals surface area contributed by atoms with Crippen LogP contribution in [0.15, 0.2) is 67.0 Å². The largest absolute Gasteiger partial charge is 0.485 e. The molecular formula is C21H16N6O2. The van der Waals surface area contributed by atoms with Crippen LogP contribution in [0.2, 0.25) is 0 Å². The van der Waals surface area contributed by atoms with E-state index in [1.165, 1.54) is 0 Å². The first kappa shape index (κ1) is 17.2. The van der Waals surface area contributed by atoms with Gasteiger partial charge in [0.15, 0.2) is 5.82 Å². The van der Waals surface area contributed by atoms with Gasteiger partial charge in [-0.25, -0.2) is 4.98 Å². The minimum Gasteiger partial charge on any atom is -0.485 e. The predicted molar refractivity (Wildman–Crippen MR) is 106 cm³/mol. The van der Waals surface area contributed by atoms with E-state index >= 15 is 0 Å². The van der Waals surface area contributed by atoms with Crippen molar-refractivity contribution in [1.82, 2.24) is 29.8 Å². The molecule has 1 N–H and O–H groups in total. The van der Waals surface area contributed by atoms with Crippen molar-refractivity contribution < 1.29 is 9.84 Å². The van der Waals surface area contributed by atoms with Gasteiger partial charge in [0.1, 0.15) is 18.1 Å². The molecule has 0 bridgehead atoms. The zero-order chi connectivity index (χ0) is 19.6. The van der Waals surface area contributed by atoms with Crippen LogP contribution in [0.4, 0.5) is 0 Å². The Balaban J connectivity index is 1.47. The van der Waals surface area contributed by atoms with Crippen molar-refractivity contribution in [3.63, 3.8) is 0 Å². The van der Waals surface area contributed by atoms with E-state index in [1.54, 1.807) is 16.9 Å². The lowest BCUT2D eigenvalue weighted by Crippen LogP contribution is -2.06. The number of nitrogens with zero attached hydrogens (tertiary/aromatic N) is 6. The smallest absolute Gasteiger partial charge is 0.272 e. The fraction of sp³-hybridized carbons (Fsp3) is 0.0952. The number of fused-ring (bicyclic) bond motifs is 2. The van der Waals surface area contributed by atoms with Gasteiger partial charge in [0.05, 0.1) is 18.3 Å². The van der Waals surface area contributed by atoms with Crippen molar-refractivity contribution >= 4 is 16.7 Å². The van der Waals surface area contributed by atoms with E-state index in [1.807, 2.05) is 54.6 Å². The Kier molecular flexibility index (Phi) is 4.30. The topological polar surface area (TPSA) is 98.3 Å². The second-order valence-corrected chi connectivity index (χ2v) is 6.44. The molecule has 0 spiro atoms. The summed E-state index contributed by atoms with van der Waals surface area (Å²) in [6.07, 6.45) is 3.35. The summed E-state index contributed by atoms with van der Waals surface area (Å²) < 4.78 is 7.56. The molecule has 3 aromatic heterocycles. The standard InChI is InChI=1S/C21H16N6O2/c28-12-14-4-3-5-15(10-14)18-11-23-21-25-24-20(27(21)26-18)13-29-19-8-9-22-17-7-2-1-6-16(17)19/h1-11,28H,12-13H2. The summed E-state index contributed by atoms with van der Waals surface area (Å²) in [5.41, 5.74) is 3.18. The molecular weight excluding hydrogens is 368 g/mol.